The molecule has 0 radical (unpaired) electrons. The van der Waals surface area contributed by atoms with Gasteiger partial charge in [0, 0.05) is 0 Å². The number of nitrogens with zero attached hydrogens (tertiary/aromatic N) is 2. The topological polar surface area (TPSA) is 53.4 Å². The van der Waals surface area contributed by atoms with Crippen LogP contribution in [0.5, 0.6) is 11.6 Å². The van der Waals surface area contributed by atoms with Crippen molar-refractivity contribution in [3.63, 3.8) is 0 Å². The summed E-state index contributed by atoms with van der Waals surface area (Å²) in [6.45, 7) is 1.72. The molecule has 0 aliphatic rings. The molecule has 0 aliphatic heterocycles. The van der Waals surface area contributed by atoms with Gasteiger partial charge in [-0.2, -0.15) is 0 Å². The molecule has 170 valence electrons. The number of rotatable bonds is 6. The molecular weight excluding hydrogens is 464 g/mol. The first-order valence-electron chi connectivity index (χ1n) is 9.70. The first-order valence-corrected chi connectivity index (χ1v) is 10.1. The summed E-state index contributed by atoms with van der Waals surface area (Å²) in [6, 6.07) is 11.3. The van der Waals surface area contributed by atoms with E-state index >= 15 is 0 Å². The lowest BCUT2D eigenvalue weighted by Gasteiger charge is -2.10. The Morgan fingerprint density at radius 3 is 2.55 bits per heavy atom. The summed E-state index contributed by atoms with van der Waals surface area (Å²) in [4.78, 5) is 11.9. The van der Waals surface area contributed by atoms with Crippen LogP contribution in [0.15, 0.2) is 54.6 Å². The fourth-order valence-electron chi connectivity index (χ4n) is 3.27. The van der Waals surface area contributed by atoms with Crippen molar-refractivity contribution >= 4 is 28.5 Å². The van der Waals surface area contributed by atoms with Gasteiger partial charge in [0.1, 0.15) is 22.8 Å². The van der Waals surface area contributed by atoms with Crippen molar-refractivity contribution in [2.75, 3.05) is 6.61 Å². The molecule has 0 unspecified atom stereocenters. The van der Waals surface area contributed by atoms with E-state index in [0.717, 1.165) is 22.9 Å². The molecule has 33 heavy (non-hydrogen) atoms. The maximum atomic E-state index is 14.9. The number of halogens is 5. The largest absolute Gasteiger partial charge is 0.462 e. The number of benzene rings is 3. The van der Waals surface area contributed by atoms with Crippen molar-refractivity contribution in [2.45, 2.75) is 13.3 Å². The summed E-state index contributed by atoms with van der Waals surface area (Å²) in [5.41, 5.74) is -0.863. The molecule has 10 heteroatoms. The Balaban J connectivity index is 1.86. The zero-order valence-electron chi connectivity index (χ0n) is 17.0. The van der Waals surface area contributed by atoms with Crippen LogP contribution in [0.25, 0.3) is 16.6 Å². The second-order valence-electron chi connectivity index (χ2n) is 6.80. The Morgan fingerprint density at radius 2 is 1.85 bits per heavy atom. The van der Waals surface area contributed by atoms with Crippen LogP contribution in [0.2, 0.25) is 5.02 Å². The second-order valence-corrected chi connectivity index (χ2v) is 7.21. The number of hydrogen-bond acceptors (Lipinski definition) is 4. The maximum Gasteiger partial charge on any atom is 0.338 e. The molecule has 1 aromatic heterocycles. The Bertz CT molecular complexity index is 1360. The van der Waals surface area contributed by atoms with Crippen molar-refractivity contribution in [2.24, 2.45) is 0 Å². The molecule has 3 aromatic carbocycles. The molecule has 0 saturated carbocycles. The average Bonchev–Trinajstić information content (AvgIpc) is 3.14. The van der Waals surface area contributed by atoms with Gasteiger partial charge in [0.15, 0.2) is 5.75 Å². The number of carbonyl (C=O) groups excluding carboxylic acids is 1. The number of hydrogen-bond donors (Lipinski definition) is 0. The van der Waals surface area contributed by atoms with Crippen molar-refractivity contribution in [1.82, 2.24) is 9.78 Å². The number of fused-ring (bicyclic) bond motifs is 1. The number of alkyl halides is 2. The first kappa shape index (κ1) is 22.6. The normalized spacial score (nSPS) is 11.2. The van der Waals surface area contributed by atoms with Crippen molar-refractivity contribution in [3.05, 3.63) is 82.4 Å². The highest BCUT2D eigenvalue weighted by Gasteiger charge is 2.23. The molecule has 1 heterocycles. The summed E-state index contributed by atoms with van der Waals surface area (Å²) in [5, 5.41) is 4.12. The average molecular weight is 479 g/mol. The molecule has 5 nitrogen and oxygen atoms in total. The lowest BCUT2D eigenvalue weighted by molar-refractivity contribution is 0.0525. The van der Waals surface area contributed by atoms with E-state index in [1.54, 1.807) is 6.92 Å². The summed E-state index contributed by atoms with van der Waals surface area (Å²) in [5.74, 6) is -2.96. The van der Waals surface area contributed by atoms with E-state index in [2.05, 4.69) is 5.10 Å². The zero-order valence-corrected chi connectivity index (χ0v) is 17.7. The molecular formula is C23H15ClF4N2O3. The molecule has 0 saturated heterocycles. The summed E-state index contributed by atoms with van der Waals surface area (Å²) >= 11 is 6.06. The molecule has 0 fully saturated rings. The van der Waals surface area contributed by atoms with Crippen LogP contribution in [-0.4, -0.2) is 22.4 Å². The molecule has 4 aromatic rings. The van der Waals surface area contributed by atoms with Gasteiger partial charge >= 0.3 is 5.97 Å². The van der Waals surface area contributed by atoms with E-state index in [0.29, 0.717) is 0 Å². The van der Waals surface area contributed by atoms with E-state index in [9.17, 15) is 22.4 Å². The third-order valence-electron chi connectivity index (χ3n) is 4.74. The number of carbonyl (C=O) groups is 1. The number of aromatic nitrogens is 2. The van der Waals surface area contributed by atoms with Gasteiger partial charge < -0.3 is 9.47 Å². The highest BCUT2D eigenvalue weighted by molar-refractivity contribution is 6.32. The van der Waals surface area contributed by atoms with Crippen molar-refractivity contribution < 1.29 is 31.8 Å². The highest BCUT2D eigenvalue weighted by atomic mass is 35.5. The third kappa shape index (κ3) is 4.23. The van der Waals surface area contributed by atoms with E-state index in [1.807, 2.05) is 0 Å². The molecule has 4 rings (SSSR count). The Labute approximate surface area is 190 Å². The zero-order chi connectivity index (χ0) is 23.7. The third-order valence-corrected chi connectivity index (χ3v) is 5.04. The number of ether oxygens (including phenoxy) is 2. The Hall–Kier alpha value is -3.59. The second kappa shape index (κ2) is 9.11. The van der Waals surface area contributed by atoms with Gasteiger partial charge in [-0.3, -0.25) is 0 Å². The smallest absolute Gasteiger partial charge is 0.338 e. The van der Waals surface area contributed by atoms with Crippen LogP contribution in [0.4, 0.5) is 17.6 Å². The summed E-state index contributed by atoms with van der Waals surface area (Å²) < 4.78 is 68.0. The van der Waals surface area contributed by atoms with Crippen LogP contribution in [0.1, 0.15) is 29.3 Å². The Morgan fingerprint density at radius 1 is 1.09 bits per heavy atom. The van der Waals surface area contributed by atoms with Crippen molar-refractivity contribution in [3.8, 4) is 17.3 Å². The van der Waals surface area contributed by atoms with E-state index < -0.39 is 29.6 Å². The fraction of sp³-hybridized carbons (Fsp3) is 0.130. The van der Waals surface area contributed by atoms with Crippen LogP contribution < -0.4 is 4.74 Å². The van der Waals surface area contributed by atoms with Gasteiger partial charge in [0.05, 0.1) is 28.1 Å². The molecule has 0 aliphatic carbocycles. The number of para-hydroxylation sites is 2. The van der Waals surface area contributed by atoms with Gasteiger partial charge in [-0.25, -0.2) is 27.0 Å². The molecule has 0 amide bonds. The molecule has 0 bridgehead atoms. The van der Waals surface area contributed by atoms with E-state index in [-0.39, 0.29) is 45.4 Å². The van der Waals surface area contributed by atoms with Gasteiger partial charge in [-0.1, -0.05) is 23.7 Å². The van der Waals surface area contributed by atoms with Crippen molar-refractivity contribution in [1.29, 1.82) is 0 Å². The maximum absolute atomic E-state index is 14.9. The Kier molecular flexibility index (Phi) is 6.24. The summed E-state index contributed by atoms with van der Waals surface area (Å²) in [7, 11) is 0. The minimum Gasteiger partial charge on any atom is -0.462 e. The summed E-state index contributed by atoms with van der Waals surface area (Å²) in [6.07, 6.45) is -2.89. The number of esters is 1. The van der Waals surface area contributed by atoms with Gasteiger partial charge in [0.25, 0.3) is 6.43 Å². The van der Waals surface area contributed by atoms with Crippen LogP contribution in [-0.2, 0) is 4.74 Å². The SMILES string of the molecule is CCOC(=O)c1ccc(-n2nc(Oc3c(Cl)cccc3C(F)F)c3cccc(F)c32)c(F)c1. The minimum atomic E-state index is -2.89. The minimum absolute atomic E-state index is 0.0378. The van der Waals surface area contributed by atoms with E-state index in [1.165, 1.54) is 36.4 Å². The lowest BCUT2D eigenvalue weighted by Crippen LogP contribution is -2.07. The monoisotopic (exact) mass is 478 g/mol. The van der Waals surface area contributed by atoms with Crippen LogP contribution >= 0.6 is 11.6 Å². The molecule has 0 N–H and O–H groups in total. The molecule has 0 atom stereocenters. The van der Waals surface area contributed by atoms with E-state index in [4.69, 9.17) is 21.1 Å². The lowest BCUT2D eigenvalue weighted by atomic mass is 10.2. The van der Waals surface area contributed by atoms with Crippen LogP contribution in [0, 0.1) is 11.6 Å². The van der Waals surface area contributed by atoms with Crippen LogP contribution in [0.3, 0.4) is 0 Å². The van der Waals surface area contributed by atoms with Gasteiger partial charge in [-0.15, -0.1) is 5.10 Å². The standard InChI is InChI=1S/C23H15ClF4N2O3/c1-2-32-23(31)12-9-10-18(17(26)11-12)30-19-13(5-4-8-16(19)25)22(29-30)33-20-14(21(27)28)6-3-7-15(20)24/h3-11,21H,2H2,1H3. The first-order chi connectivity index (χ1) is 15.8. The quantitative estimate of drug-likeness (QED) is 0.224. The molecule has 0 spiro atoms. The van der Waals surface area contributed by atoms with Gasteiger partial charge in [-0.05, 0) is 49.4 Å². The van der Waals surface area contributed by atoms with Gasteiger partial charge in [0.2, 0.25) is 5.88 Å². The predicted octanol–water partition coefficient (Wildman–Crippen LogP) is 6.86. The fourth-order valence-corrected chi connectivity index (χ4v) is 3.49. The highest BCUT2D eigenvalue weighted by Crippen LogP contribution is 2.40. The predicted molar refractivity (Wildman–Crippen MR) is 113 cm³/mol.